The minimum atomic E-state index is -3.21. The highest BCUT2D eigenvalue weighted by Gasteiger charge is 2.28. The molecule has 0 aliphatic carbocycles. The Bertz CT molecular complexity index is 701. The van der Waals surface area contributed by atoms with Gasteiger partial charge in [0, 0.05) is 26.6 Å². The van der Waals surface area contributed by atoms with Gasteiger partial charge < -0.3 is 15.2 Å². The number of nitrogens with one attached hydrogen (secondary N) is 2. The van der Waals surface area contributed by atoms with E-state index in [0.29, 0.717) is 31.1 Å². The van der Waals surface area contributed by atoms with Gasteiger partial charge in [0.2, 0.25) is 15.9 Å². The van der Waals surface area contributed by atoms with Gasteiger partial charge in [-0.1, -0.05) is 12.1 Å². The Morgan fingerprint density at radius 1 is 1.38 bits per heavy atom. The van der Waals surface area contributed by atoms with Crippen molar-refractivity contribution in [2.75, 3.05) is 25.4 Å². The second kappa shape index (κ2) is 7.71. The minimum absolute atomic E-state index is 0.0730. The molecule has 0 radical (unpaired) electrons. The highest BCUT2D eigenvalue weighted by molar-refractivity contribution is 7.89. The summed E-state index contributed by atoms with van der Waals surface area (Å²) in [6.07, 6.45) is 1.07. The number of carbonyl (C=O) groups is 2. The molecule has 24 heavy (non-hydrogen) atoms. The number of hydrogen-bond donors (Lipinski definition) is 2. The topological polar surface area (TPSA) is 134 Å². The van der Waals surface area contributed by atoms with E-state index in [1.165, 1.54) is 4.31 Å². The quantitative estimate of drug-likeness (QED) is 0.628. The third-order valence-corrected chi connectivity index (χ3v) is 5.58. The maximum Gasteiger partial charge on any atom is 0.309 e. The lowest BCUT2D eigenvalue weighted by Crippen LogP contribution is -2.44. The van der Waals surface area contributed by atoms with Crippen LogP contribution in [0.2, 0.25) is 0 Å². The first kappa shape index (κ1) is 18.3. The SMILES string of the molecule is CCC(NC(=O)C(=O)NCCN1CCCS1(=O)=O)c1noc(C)n1. The largest absolute Gasteiger partial charge is 0.347 e. The molecule has 0 bridgehead atoms. The summed E-state index contributed by atoms with van der Waals surface area (Å²) < 4.78 is 29.4. The van der Waals surface area contributed by atoms with E-state index in [0.717, 1.165) is 0 Å². The number of aryl methyl sites for hydroxylation is 1. The first-order valence-electron chi connectivity index (χ1n) is 7.70. The molecule has 1 atom stereocenters. The molecule has 134 valence electrons. The summed E-state index contributed by atoms with van der Waals surface area (Å²) in [5.41, 5.74) is 0. The van der Waals surface area contributed by atoms with Crippen LogP contribution in [0, 0.1) is 6.92 Å². The van der Waals surface area contributed by atoms with Crippen LogP contribution >= 0.6 is 0 Å². The van der Waals surface area contributed by atoms with E-state index in [4.69, 9.17) is 4.52 Å². The number of carbonyl (C=O) groups excluding carboxylic acids is 2. The summed E-state index contributed by atoms with van der Waals surface area (Å²) in [4.78, 5) is 27.7. The Morgan fingerprint density at radius 2 is 2.12 bits per heavy atom. The molecule has 1 aromatic heterocycles. The summed E-state index contributed by atoms with van der Waals surface area (Å²) in [5.74, 6) is -0.851. The molecule has 10 nitrogen and oxygen atoms in total. The second-order valence-corrected chi connectivity index (χ2v) is 7.52. The predicted octanol–water partition coefficient (Wildman–Crippen LogP) is -0.903. The second-order valence-electron chi connectivity index (χ2n) is 5.43. The molecule has 2 heterocycles. The van der Waals surface area contributed by atoms with Crippen LogP contribution in [0.3, 0.4) is 0 Å². The van der Waals surface area contributed by atoms with Crippen molar-refractivity contribution in [3.8, 4) is 0 Å². The monoisotopic (exact) mass is 359 g/mol. The van der Waals surface area contributed by atoms with Gasteiger partial charge in [-0.25, -0.2) is 12.7 Å². The van der Waals surface area contributed by atoms with Crippen LogP contribution in [0.15, 0.2) is 4.52 Å². The van der Waals surface area contributed by atoms with E-state index in [1.807, 2.05) is 6.92 Å². The van der Waals surface area contributed by atoms with Crippen molar-refractivity contribution in [1.29, 1.82) is 0 Å². The third kappa shape index (κ3) is 4.51. The first-order valence-corrected chi connectivity index (χ1v) is 9.31. The van der Waals surface area contributed by atoms with E-state index >= 15 is 0 Å². The number of nitrogens with zero attached hydrogens (tertiary/aromatic N) is 3. The highest BCUT2D eigenvalue weighted by Crippen LogP contribution is 2.13. The van der Waals surface area contributed by atoms with Crippen LogP contribution in [0.5, 0.6) is 0 Å². The van der Waals surface area contributed by atoms with Crippen LogP contribution < -0.4 is 10.6 Å². The summed E-state index contributed by atoms with van der Waals surface area (Å²) in [5, 5.41) is 8.66. The van der Waals surface area contributed by atoms with Gasteiger partial charge in [-0.15, -0.1) is 0 Å². The average Bonchev–Trinajstić information content (AvgIpc) is 3.10. The minimum Gasteiger partial charge on any atom is -0.347 e. The lowest BCUT2D eigenvalue weighted by atomic mass is 10.2. The molecular weight excluding hydrogens is 338 g/mol. The van der Waals surface area contributed by atoms with Crippen molar-refractivity contribution in [2.24, 2.45) is 0 Å². The lowest BCUT2D eigenvalue weighted by Gasteiger charge is -2.15. The van der Waals surface area contributed by atoms with Crippen molar-refractivity contribution in [3.05, 3.63) is 11.7 Å². The molecule has 0 saturated carbocycles. The number of amides is 2. The highest BCUT2D eigenvalue weighted by atomic mass is 32.2. The van der Waals surface area contributed by atoms with Gasteiger partial charge in [0.15, 0.2) is 5.82 Å². The van der Waals surface area contributed by atoms with Gasteiger partial charge in [-0.2, -0.15) is 4.98 Å². The fourth-order valence-electron chi connectivity index (χ4n) is 2.35. The van der Waals surface area contributed by atoms with E-state index in [2.05, 4.69) is 20.8 Å². The molecule has 2 N–H and O–H groups in total. The third-order valence-electron chi connectivity index (χ3n) is 3.62. The molecule has 1 saturated heterocycles. The smallest absolute Gasteiger partial charge is 0.309 e. The molecule has 0 spiro atoms. The number of rotatable bonds is 6. The molecule has 2 amide bonds. The lowest BCUT2D eigenvalue weighted by molar-refractivity contribution is -0.139. The van der Waals surface area contributed by atoms with E-state index in [1.54, 1.807) is 6.92 Å². The first-order chi connectivity index (χ1) is 11.3. The van der Waals surface area contributed by atoms with E-state index in [9.17, 15) is 18.0 Å². The summed E-state index contributed by atoms with van der Waals surface area (Å²) in [6.45, 7) is 4.11. The molecule has 1 aliphatic heterocycles. The average molecular weight is 359 g/mol. The Hall–Kier alpha value is -2.01. The zero-order valence-electron chi connectivity index (χ0n) is 13.6. The fourth-order valence-corrected chi connectivity index (χ4v) is 3.88. The standard InChI is InChI=1S/C13H21N5O5S/c1-3-10(11-15-9(2)23-17-11)16-13(20)12(19)14-5-7-18-6-4-8-24(18,21)22/h10H,3-8H2,1-2H3,(H,14,19)(H,16,20). The van der Waals surface area contributed by atoms with Crippen LogP contribution in [0.1, 0.15) is 37.5 Å². The van der Waals surface area contributed by atoms with Gasteiger partial charge in [-0.05, 0) is 12.8 Å². The Kier molecular flexibility index (Phi) is 5.89. The molecule has 1 aliphatic rings. The number of sulfonamides is 1. The van der Waals surface area contributed by atoms with Crippen molar-refractivity contribution in [1.82, 2.24) is 25.1 Å². The van der Waals surface area contributed by atoms with Crippen molar-refractivity contribution in [3.63, 3.8) is 0 Å². The van der Waals surface area contributed by atoms with Gasteiger partial charge in [0.1, 0.15) is 0 Å². The molecule has 1 fully saturated rings. The van der Waals surface area contributed by atoms with E-state index in [-0.39, 0.29) is 18.8 Å². The van der Waals surface area contributed by atoms with Crippen LogP contribution in [0.25, 0.3) is 0 Å². The Balaban J connectivity index is 1.80. The predicted molar refractivity (Wildman–Crippen MR) is 83.2 cm³/mol. The Labute approximate surface area is 140 Å². The molecule has 1 unspecified atom stereocenters. The zero-order valence-corrected chi connectivity index (χ0v) is 14.4. The fraction of sp³-hybridized carbons (Fsp3) is 0.692. The maximum absolute atomic E-state index is 11.9. The summed E-state index contributed by atoms with van der Waals surface area (Å²) >= 11 is 0. The number of aromatic nitrogens is 2. The molecule has 0 aromatic carbocycles. The van der Waals surface area contributed by atoms with Gasteiger partial charge in [-0.3, -0.25) is 9.59 Å². The summed E-state index contributed by atoms with van der Waals surface area (Å²) in [6, 6.07) is -0.528. The normalized spacial score (nSPS) is 18.2. The van der Waals surface area contributed by atoms with E-state index < -0.39 is 27.9 Å². The van der Waals surface area contributed by atoms with Crippen molar-refractivity contribution < 1.29 is 22.5 Å². The van der Waals surface area contributed by atoms with Crippen molar-refractivity contribution in [2.45, 2.75) is 32.7 Å². The maximum atomic E-state index is 11.9. The molecule has 2 rings (SSSR count). The molecular formula is C13H21N5O5S. The molecule has 1 aromatic rings. The van der Waals surface area contributed by atoms with Crippen molar-refractivity contribution >= 4 is 21.8 Å². The van der Waals surface area contributed by atoms with Gasteiger partial charge in [0.25, 0.3) is 0 Å². The Morgan fingerprint density at radius 3 is 2.67 bits per heavy atom. The van der Waals surface area contributed by atoms with Crippen LogP contribution in [-0.4, -0.2) is 60.1 Å². The van der Waals surface area contributed by atoms with Gasteiger partial charge >= 0.3 is 11.8 Å². The summed E-state index contributed by atoms with van der Waals surface area (Å²) in [7, 11) is -3.21. The van der Waals surface area contributed by atoms with Crippen LogP contribution in [0.4, 0.5) is 0 Å². The van der Waals surface area contributed by atoms with Gasteiger partial charge in [0.05, 0.1) is 11.8 Å². The molecule has 11 heteroatoms. The number of hydrogen-bond acceptors (Lipinski definition) is 7. The zero-order chi connectivity index (χ0) is 17.7. The van der Waals surface area contributed by atoms with Crippen LogP contribution in [-0.2, 0) is 19.6 Å².